The molecule has 0 unspecified atom stereocenters. The highest BCUT2D eigenvalue weighted by atomic mass is 35.5. The number of hydrogen-bond acceptors (Lipinski definition) is 4. The Labute approximate surface area is 156 Å². The van der Waals surface area contributed by atoms with Gasteiger partial charge in [0.1, 0.15) is 10.8 Å². The van der Waals surface area contributed by atoms with Gasteiger partial charge in [-0.2, -0.15) is 0 Å². The molecule has 0 aromatic heterocycles. The highest BCUT2D eigenvalue weighted by Gasteiger charge is 2.53. The number of Topliss-reactive ketones (excluding diaryl/α,β-unsaturated/α-hetero) is 1. The molecule has 1 fully saturated rings. The Morgan fingerprint density at radius 3 is 2.62 bits per heavy atom. The minimum atomic E-state index is -0.526. The summed E-state index contributed by atoms with van der Waals surface area (Å²) in [5.41, 5.74) is 1.08. The number of nitrogens with zero attached hydrogens (tertiary/aromatic N) is 1. The Bertz CT molecular complexity index is 697. The Morgan fingerprint density at radius 2 is 2.00 bits per heavy atom. The zero-order chi connectivity index (χ0) is 17.5. The summed E-state index contributed by atoms with van der Waals surface area (Å²) in [5, 5.41) is -0.618. The van der Waals surface area contributed by atoms with Crippen molar-refractivity contribution in [2.75, 3.05) is 11.5 Å². The molecule has 24 heavy (non-hydrogen) atoms. The summed E-state index contributed by atoms with van der Waals surface area (Å²) in [6.07, 6.45) is 0. The maximum absolute atomic E-state index is 13.0. The van der Waals surface area contributed by atoms with Crippen molar-refractivity contribution in [3.05, 3.63) is 41.6 Å². The quantitative estimate of drug-likeness (QED) is 0.445. The van der Waals surface area contributed by atoms with Gasteiger partial charge in [-0.1, -0.05) is 39.0 Å². The van der Waals surface area contributed by atoms with Gasteiger partial charge in [-0.05, 0) is 17.7 Å². The van der Waals surface area contributed by atoms with Gasteiger partial charge in [0.25, 0.3) is 0 Å². The molecular weight excluding hydrogens is 362 g/mol. The molecule has 0 spiro atoms. The average molecular weight is 382 g/mol. The van der Waals surface area contributed by atoms with Crippen LogP contribution in [0.25, 0.3) is 0 Å². The van der Waals surface area contributed by atoms with Crippen LogP contribution in [0.2, 0.25) is 0 Å². The SMILES string of the molecule is CC(C)(C)C(=O)C1=C(CSc2ccccc2)CS[C@H]2[C@@H](Cl)C(=O)N12. The largest absolute Gasteiger partial charge is 0.293 e. The Morgan fingerprint density at radius 1 is 1.33 bits per heavy atom. The van der Waals surface area contributed by atoms with Gasteiger partial charge in [-0.15, -0.1) is 35.1 Å². The molecule has 0 aliphatic carbocycles. The molecule has 2 aliphatic heterocycles. The van der Waals surface area contributed by atoms with Crippen LogP contribution in [0.4, 0.5) is 0 Å². The van der Waals surface area contributed by atoms with Gasteiger partial charge in [0.05, 0.1) is 5.70 Å². The third-order valence-electron chi connectivity index (χ3n) is 4.03. The number of halogens is 1. The smallest absolute Gasteiger partial charge is 0.249 e. The van der Waals surface area contributed by atoms with Crippen molar-refractivity contribution in [3.63, 3.8) is 0 Å². The summed E-state index contributed by atoms with van der Waals surface area (Å²) >= 11 is 9.47. The maximum Gasteiger partial charge on any atom is 0.249 e. The molecule has 1 amide bonds. The van der Waals surface area contributed by atoms with E-state index in [-0.39, 0.29) is 17.1 Å². The van der Waals surface area contributed by atoms with Gasteiger partial charge in [0.15, 0.2) is 5.78 Å². The van der Waals surface area contributed by atoms with E-state index in [9.17, 15) is 9.59 Å². The second kappa shape index (κ2) is 6.77. The predicted molar refractivity (Wildman–Crippen MR) is 101 cm³/mol. The number of allylic oxidation sites excluding steroid dienone is 1. The molecule has 2 atom stereocenters. The molecule has 0 bridgehead atoms. The third kappa shape index (κ3) is 3.26. The molecule has 128 valence electrons. The van der Waals surface area contributed by atoms with Gasteiger partial charge in [-0.25, -0.2) is 0 Å². The van der Waals surface area contributed by atoms with E-state index in [2.05, 4.69) is 12.1 Å². The normalized spacial score (nSPS) is 23.8. The summed E-state index contributed by atoms with van der Waals surface area (Å²) in [6.45, 7) is 5.68. The van der Waals surface area contributed by atoms with Gasteiger partial charge < -0.3 is 0 Å². The third-order valence-corrected chi connectivity index (χ3v) is 7.05. The first-order valence-corrected chi connectivity index (χ1v) is 10.3. The topological polar surface area (TPSA) is 37.4 Å². The minimum absolute atomic E-state index is 0.0216. The van der Waals surface area contributed by atoms with Crippen LogP contribution in [0.1, 0.15) is 20.8 Å². The lowest BCUT2D eigenvalue weighted by Crippen LogP contribution is -2.63. The summed E-state index contributed by atoms with van der Waals surface area (Å²) in [4.78, 5) is 28.0. The lowest BCUT2D eigenvalue weighted by molar-refractivity contribution is -0.141. The number of alkyl halides is 1. The Balaban J connectivity index is 1.90. The number of β-lactam (4-membered cyclic amide) rings is 1. The van der Waals surface area contributed by atoms with Crippen molar-refractivity contribution in [1.29, 1.82) is 0 Å². The highest BCUT2D eigenvalue weighted by Crippen LogP contribution is 2.45. The molecule has 1 aromatic carbocycles. The van der Waals surface area contributed by atoms with E-state index >= 15 is 0 Å². The van der Waals surface area contributed by atoms with Crippen LogP contribution in [-0.2, 0) is 9.59 Å². The van der Waals surface area contributed by atoms with Crippen LogP contribution in [0, 0.1) is 5.41 Å². The standard InChI is InChI=1S/C18H20ClNO2S2/c1-18(2,3)15(21)14-11(9-23-12-7-5-4-6-8-12)10-24-17-13(19)16(22)20(14)17/h4-8,13,17H,9-10H2,1-3H3/t13-,17-/m0/s1. The van der Waals surface area contributed by atoms with Crippen molar-refractivity contribution in [3.8, 4) is 0 Å². The van der Waals surface area contributed by atoms with E-state index < -0.39 is 10.8 Å². The van der Waals surface area contributed by atoms with E-state index in [1.165, 1.54) is 0 Å². The average Bonchev–Trinajstić information content (AvgIpc) is 2.57. The molecule has 2 heterocycles. The number of carbonyl (C=O) groups is 2. The second-order valence-electron chi connectivity index (χ2n) is 6.94. The molecule has 1 aromatic rings. The van der Waals surface area contributed by atoms with Crippen LogP contribution >= 0.6 is 35.1 Å². The summed E-state index contributed by atoms with van der Waals surface area (Å²) in [5.74, 6) is 1.32. The molecule has 0 radical (unpaired) electrons. The van der Waals surface area contributed by atoms with Crippen LogP contribution in [0.3, 0.4) is 0 Å². The number of carbonyl (C=O) groups excluding carboxylic acids is 2. The molecule has 0 saturated carbocycles. The van der Waals surface area contributed by atoms with E-state index in [0.717, 1.165) is 16.2 Å². The van der Waals surface area contributed by atoms with Gasteiger partial charge in [0, 0.05) is 21.8 Å². The fraction of sp³-hybridized carbons (Fsp3) is 0.444. The fourth-order valence-corrected chi connectivity index (χ4v) is 5.42. The number of benzene rings is 1. The number of amides is 1. The summed E-state index contributed by atoms with van der Waals surface area (Å²) < 4.78 is 0. The van der Waals surface area contributed by atoms with Gasteiger partial charge >= 0.3 is 0 Å². The predicted octanol–water partition coefficient (Wildman–Crippen LogP) is 4.17. The lowest BCUT2D eigenvalue weighted by atomic mass is 9.86. The molecule has 1 saturated heterocycles. The van der Waals surface area contributed by atoms with E-state index in [1.54, 1.807) is 28.4 Å². The Hall–Kier alpha value is -0.910. The summed E-state index contributed by atoms with van der Waals surface area (Å²) in [6, 6.07) is 10.1. The summed E-state index contributed by atoms with van der Waals surface area (Å²) in [7, 11) is 0. The molecule has 3 rings (SSSR count). The van der Waals surface area contributed by atoms with Crippen molar-refractivity contribution in [2.45, 2.75) is 36.4 Å². The minimum Gasteiger partial charge on any atom is -0.293 e. The first kappa shape index (κ1) is 17.9. The molecule has 6 heteroatoms. The van der Waals surface area contributed by atoms with Crippen LogP contribution in [-0.4, -0.2) is 38.8 Å². The monoisotopic (exact) mass is 381 g/mol. The number of ketones is 1. The number of fused-ring (bicyclic) bond motifs is 1. The fourth-order valence-electron chi connectivity index (χ4n) is 2.67. The number of rotatable bonds is 4. The zero-order valence-electron chi connectivity index (χ0n) is 13.9. The van der Waals surface area contributed by atoms with Gasteiger partial charge in [-0.3, -0.25) is 14.5 Å². The number of hydrogen-bond donors (Lipinski definition) is 0. The van der Waals surface area contributed by atoms with Crippen LogP contribution in [0.15, 0.2) is 46.5 Å². The van der Waals surface area contributed by atoms with Crippen molar-refractivity contribution >= 4 is 46.8 Å². The van der Waals surface area contributed by atoms with Crippen molar-refractivity contribution < 1.29 is 9.59 Å². The van der Waals surface area contributed by atoms with Crippen LogP contribution < -0.4 is 0 Å². The molecular formula is C18H20ClNO2S2. The Kier molecular flexibility index (Phi) is 5.05. The molecule has 2 aliphatic rings. The lowest BCUT2D eigenvalue weighted by Gasteiger charge is -2.48. The highest BCUT2D eigenvalue weighted by molar-refractivity contribution is 8.01. The van der Waals surface area contributed by atoms with Gasteiger partial charge in [0.2, 0.25) is 5.91 Å². The van der Waals surface area contributed by atoms with E-state index in [1.807, 2.05) is 39.0 Å². The van der Waals surface area contributed by atoms with Crippen molar-refractivity contribution in [2.24, 2.45) is 5.41 Å². The molecule has 3 nitrogen and oxygen atoms in total. The first-order valence-electron chi connectivity index (χ1n) is 7.84. The number of thioether (sulfide) groups is 2. The first-order chi connectivity index (χ1) is 11.3. The zero-order valence-corrected chi connectivity index (χ0v) is 16.3. The van der Waals surface area contributed by atoms with Crippen LogP contribution in [0.5, 0.6) is 0 Å². The second-order valence-corrected chi connectivity index (χ2v) is 9.57. The van der Waals surface area contributed by atoms with Crippen molar-refractivity contribution in [1.82, 2.24) is 4.90 Å². The van der Waals surface area contributed by atoms with E-state index in [4.69, 9.17) is 11.6 Å². The maximum atomic E-state index is 13.0. The van der Waals surface area contributed by atoms with E-state index in [0.29, 0.717) is 11.4 Å². The molecule has 0 N–H and O–H groups in total.